The Labute approximate surface area is 191 Å². The van der Waals surface area contributed by atoms with Crippen molar-refractivity contribution < 1.29 is 42.3 Å². The summed E-state index contributed by atoms with van der Waals surface area (Å²) in [6.45, 7) is 0.564. The van der Waals surface area contributed by atoms with Gasteiger partial charge in [-0.2, -0.15) is 24.5 Å². The van der Waals surface area contributed by atoms with Crippen LogP contribution in [-0.2, 0) is 22.4 Å². The second kappa shape index (κ2) is 12.0. The van der Waals surface area contributed by atoms with E-state index in [-0.39, 0.29) is 18.4 Å². The SMILES string of the molecule is C[N+](C)(C)C[C@@H](CC(=O)O)NC(=O)c1ccc(CCc2ccsc2)s1.O=C([O-])C(F)(F)F. The van der Waals surface area contributed by atoms with Gasteiger partial charge in [-0.15, -0.1) is 11.3 Å². The minimum absolute atomic E-state index is 0.0718. The Bertz CT molecular complexity index is 890. The van der Waals surface area contributed by atoms with E-state index in [0.29, 0.717) is 15.9 Å². The molecule has 0 aliphatic carbocycles. The Kier molecular flexibility index (Phi) is 10.3. The van der Waals surface area contributed by atoms with E-state index in [2.05, 4.69) is 22.1 Å². The average Bonchev–Trinajstić information content (AvgIpc) is 3.29. The van der Waals surface area contributed by atoms with Crippen molar-refractivity contribution in [2.75, 3.05) is 27.7 Å². The molecule has 0 saturated carbocycles. The van der Waals surface area contributed by atoms with Gasteiger partial charge in [-0.1, -0.05) is 0 Å². The molecule has 0 fully saturated rings. The monoisotopic (exact) mass is 494 g/mol. The molecule has 1 amide bonds. The van der Waals surface area contributed by atoms with E-state index in [9.17, 15) is 22.8 Å². The molecule has 0 bridgehead atoms. The van der Waals surface area contributed by atoms with E-state index in [1.807, 2.05) is 33.3 Å². The van der Waals surface area contributed by atoms with Crippen LogP contribution in [0.1, 0.15) is 26.5 Å². The van der Waals surface area contributed by atoms with E-state index in [0.717, 1.165) is 17.7 Å². The standard InChI is InChI=1S/C18H24N2O3S2.C2HF3O2/c1-20(2,3)11-14(10-17(21)22)19-18(23)16-7-6-15(25-16)5-4-13-8-9-24-12-13;3-2(4,5)1(6)7/h6-9,12,14H,4-5,10-11H2,1-3H3,(H-,19,21,22,23);(H,6,7)/t14-;/m1./s1. The van der Waals surface area contributed by atoms with Crippen LogP contribution in [-0.4, -0.2) is 67.3 Å². The summed E-state index contributed by atoms with van der Waals surface area (Å²) in [6, 6.07) is 5.54. The molecule has 2 N–H and O–H groups in total. The van der Waals surface area contributed by atoms with Gasteiger partial charge in [0, 0.05) is 4.88 Å². The number of amides is 1. The van der Waals surface area contributed by atoms with Gasteiger partial charge in [0.05, 0.1) is 45.0 Å². The Morgan fingerprint density at radius 1 is 1.16 bits per heavy atom. The molecule has 32 heavy (non-hydrogen) atoms. The normalized spacial score (nSPS) is 12.4. The number of aliphatic carboxylic acids is 2. The zero-order valence-corrected chi connectivity index (χ0v) is 19.4. The Balaban J connectivity index is 0.000000633. The van der Waals surface area contributed by atoms with E-state index >= 15 is 0 Å². The average molecular weight is 495 g/mol. The molecule has 2 rings (SSSR count). The van der Waals surface area contributed by atoms with E-state index in [4.69, 9.17) is 15.0 Å². The smallest absolute Gasteiger partial charge is 0.430 e. The van der Waals surface area contributed by atoms with Crippen LogP contribution in [0, 0.1) is 0 Å². The number of carbonyl (C=O) groups is 3. The number of alkyl halides is 3. The lowest BCUT2D eigenvalue weighted by molar-refractivity contribution is -0.871. The molecule has 0 aliphatic rings. The summed E-state index contributed by atoms with van der Waals surface area (Å²) in [4.78, 5) is 34.1. The maximum absolute atomic E-state index is 12.5. The summed E-state index contributed by atoms with van der Waals surface area (Å²) < 4.78 is 32.1. The number of carbonyl (C=O) groups excluding carboxylic acids is 2. The number of hydrogen-bond donors (Lipinski definition) is 2. The van der Waals surface area contributed by atoms with Gasteiger partial charge in [0.25, 0.3) is 5.91 Å². The number of carboxylic acid groups (broad SMARTS) is 2. The molecule has 0 radical (unpaired) electrons. The molecule has 0 aliphatic heterocycles. The summed E-state index contributed by atoms with van der Waals surface area (Å²) in [5, 5.41) is 24.9. The lowest BCUT2D eigenvalue weighted by Gasteiger charge is -2.29. The summed E-state index contributed by atoms with van der Waals surface area (Å²) in [5.41, 5.74) is 1.31. The van der Waals surface area contributed by atoms with Crippen LogP contribution in [0.15, 0.2) is 29.0 Å². The molecule has 0 spiro atoms. The zero-order valence-electron chi connectivity index (χ0n) is 17.8. The summed E-state index contributed by atoms with van der Waals surface area (Å²) in [5.74, 6) is -4.10. The van der Waals surface area contributed by atoms with Gasteiger partial charge in [0.2, 0.25) is 0 Å². The van der Waals surface area contributed by atoms with E-state index in [1.54, 1.807) is 11.3 Å². The van der Waals surface area contributed by atoms with Gasteiger partial charge >= 0.3 is 12.1 Å². The minimum Gasteiger partial charge on any atom is -0.542 e. The molecular weight excluding hydrogens is 469 g/mol. The second-order valence-corrected chi connectivity index (χ2v) is 9.87. The van der Waals surface area contributed by atoms with Gasteiger partial charge in [0.15, 0.2) is 0 Å². The first-order valence-electron chi connectivity index (χ1n) is 9.38. The number of quaternary nitrogens is 1. The number of nitrogens with zero attached hydrogens (tertiary/aromatic N) is 1. The fraction of sp³-hybridized carbons (Fsp3) is 0.450. The lowest BCUT2D eigenvalue weighted by atomic mass is 10.1. The molecule has 1 atom stereocenters. The summed E-state index contributed by atoms with van der Waals surface area (Å²) in [7, 11) is 5.94. The maximum atomic E-state index is 12.5. The molecule has 0 saturated heterocycles. The molecule has 0 aromatic carbocycles. The van der Waals surface area contributed by atoms with E-state index in [1.165, 1.54) is 16.9 Å². The van der Waals surface area contributed by atoms with Gasteiger partial charge in [-0.05, 0) is 47.4 Å². The fourth-order valence-electron chi connectivity index (χ4n) is 2.63. The van der Waals surface area contributed by atoms with Gasteiger partial charge in [0.1, 0.15) is 5.97 Å². The highest BCUT2D eigenvalue weighted by Gasteiger charge is 2.28. The van der Waals surface area contributed by atoms with Gasteiger partial charge in [-0.3, -0.25) is 9.59 Å². The fourth-order valence-corrected chi connectivity index (χ4v) is 4.24. The largest absolute Gasteiger partial charge is 0.542 e. The van der Waals surface area contributed by atoms with Crippen molar-refractivity contribution in [3.8, 4) is 0 Å². The number of hydrogen-bond acceptors (Lipinski definition) is 6. The van der Waals surface area contributed by atoms with Crippen molar-refractivity contribution in [2.45, 2.75) is 31.5 Å². The third kappa shape index (κ3) is 11.3. The van der Waals surface area contributed by atoms with Crippen LogP contribution >= 0.6 is 22.7 Å². The Morgan fingerprint density at radius 2 is 1.78 bits per heavy atom. The molecule has 0 unspecified atom stereocenters. The first-order chi connectivity index (χ1) is 14.7. The number of carboxylic acids is 2. The zero-order chi connectivity index (χ0) is 24.5. The van der Waals surface area contributed by atoms with Crippen LogP contribution < -0.4 is 10.4 Å². The minimum atomic E-state index is -5.19. The molecular formula is C20H25F3N2O5S2. The predicted molar refractivity (Wildman–Crippen MR) is 114 cm³/mol. The highest BCUT2D eigenvalue weighted by molar-refractivity contribution is 7.14. The molecule has 12 heteroatoms. The molecule has 7 nitrogen and oxygen atoms in total. The third-order valence-electron chi connectivity index (χ3n) is 3.88. The topological polar surface area (TPSA) is 107 Å². The van der Waals surface area contributed by atoms with Crippen molar-refractivity contribution in [3.63, 3.8) is 0 Å². The van der Waals surface area contributed by atoms with Gasteiger partial charge < -0.3 is 24.8 Å². The number of thiophene rings is 2. The first kappa shape index (κ1) is 27.6. The second-order valence-electron chi connectivity index (χ2n) is 7.92. The van der Waals surface area contributed by atoms with Crippen LogP contribution in [0.5, 0.6) is 0 Å². The van der Waals surface area contributed by atoms with E-state index < -0.39 is 18.1 Å². The van der Waals surface area contributed by atoms with Crippen LogP contribution in [0.2, 0.25) is 0 Å². The molecule has 2 heterocycles. The van der Waals surface area contributed by atoms with Crippen molar-refractivity contribution in [1.29, 1.82) is 0 Å². The highest BCUT2D eigenvalue weighted by atomic mass is 32.1. The van der Waals surface area contributed by atoms with Crippen LogP contribution in [0.4, 0.5) is 13.2 Å². The quantitative estimate of drug-likeness (QED) is 0.520. The van der Waals surface area contributed by atoms with Crippen molar-refractivity contribution >= 4 is 40.5 Å². The highest BCUT2D eigenvalue weighted by Crippen LogP contribution is 2.20. The third-order valence-corrected chi connectivity index (χ3v) is 5.76. The van der Waals surface area contributed by atoms with Crippen LogP contribution in [0.25, 0.3) is 0 Å². The summed E-state index contributed by atoms with van der Waals surface area (Å²) in [6.07, 6.45) is -3.39. The van der Waals surface area contributed by atoms with Crippen molar-refractivity contribution in [1.82, 2.24) is 5.32 Å². The molecule has 178 valence electrons. The number of halogens is 3. The Morgan fingerprint density at radius 3 is 2.25 bits per heavy atom. The maximum Gasteiger partial charge on any atom is 0.430 e. The number of aryl methyl sites for hydroxylation is 2. The van der Waals surface area contributed by atoms with Gasteiger partial charge in [-0.25, -0.2) is 0 Å². The molecule has 2 aromatic heterocycles. The number of nitrogens with one attached hydrogen (secondary N) is 1. The lowest BCUT2D eigenvalue weighted by Crippen LogP contribution is -2.49. The number of likely N-dealkylation sites (N-methyl/N-ethyl adjacent to an activating group) is 1. The first-order valence-corrected chi connectivity index (χ1v) is 11.1. The van der Waals surface area contributed by atoms with Crippen molar-refractivity contribution in [3.05, 3.63) is 44.3 Å². The van der Waals surface area contributed by atoms with Crippen LogP contribution in [0.3, 0.4) is 0 Å². The van der Waals surface area contributed by atoms with Crippen molar-refractivity contribution in [2.24, 2.45) is 0 Å². The molecule has 2 aromatic rings. The predicted octanol–water partition coefficient (Wildman–Crippen LogP) is 2.17. The number of rotatable bonds is 9. The summed E-state index contributed by atoms with van der Waals surface area (Å²) >= 11 is 3.17. The Hall–Kier alpha value is -2.44.